The van der Waals surface area contributed by atoms with Crippen molar-refractivity contribution < 1.29 is 71.7 Å². The van der Waals surface area contributed by atoms with Gasteiger partial charge in [0.1, 0.15) is 11.5 Å². The molecular weight excluding hydrogens is 584 g/mol. The normalized spacial score (nSPS) is 14.2. The lowest BCUT2D eigenvalue weighted by Gasteiger charge is -2.25. The van der Waals surface area contributed by atoms with E-state index in [-0.39, 0.29) is 11.1 Å². The number of hydrogen-bond acceptors (Lipinski definition) is 4. The first-order valence-corrected chi connectivity index (χ1v) is 10.4. The molecule has 222 valence electrons. The number of halogens is 12. The molecule has 0 aliphatic heterocycles. The number of ether oxygens (including phenoxy) is 2. The highest BCUT2D eigenvalue weighted by Crippen LogP contribution is 2.42. The fourth-order valence-electron chi connectivity index (χ4n) is 2.95. The molecule has 18 heteroatoms. The van der Waals surface area contributed by atoms with E-state index in [1.807, 2.05) is 10.6 Å². The number of amides is 2. The Morgan fingerprint density at radius 2 is 0.925 bits per heavy atom. The molecule has 2 aromatic rings. The van der Waals surface area contributed by atoms with Crippen LogP contribution in [0.15, 0.2) is 36.4 Å². The summed E-state index contributed by atoms with van der Waals surface area (Å²) in [6.07, 6.45) is -32.4. The number of benzene rings is 2. The van der Waals surface area contributed by atoms with Crippen LogP contribution in [0.2, 0.25) is 0 Å². The van der Waals surface area contributed by atoms with Crippen molar-refractivity contribution in [3.05, 3.63) is 36.4 Å². The zero-order chi connectivity index (χ0) is 30.8. The van der Waals surface area contributed by atoms with E-state index in [0.29, 0.717) is 12.1 Å². The molecular formula is C22H16F12N2O4. The van der Waals surface area contributed by atoms with Gasteiger partial charge in [0, 0.05) is 13.8 Å². The molecule has 2 N–H and O–H groups in total. The summed E-state index contributed by atoms with van der Waals surface area (Å²) in [4.78, 5) is 23.0. The molecule has 0 bridgehead atoms. The van der Waals surface area contributed by atoms with E-state index < -0.39 is 71.6 Å². The number of carbonyl (C=O) groups is 2. The van der Waals surface area contributed by atoms with Gasteiger partial charge in [-0.25, -0.2) is 8.78 Å². The van der Waals surface area contributed by atoms with Crippen molar-refractivity contribution in [3.8, 4) is 22.6 Å². The SMILES string of the molecule is CC(=O)Nc1cc(-c2ccc(OC(F)(F)C(F)C(F)(F)F)c(NC(C)=O)c2)ccc1OC(F)(F)C(F)C(F)(F)F. The largest absolute Gasteiger partial charge is 0.439 e. The average Bonchev–Trinajstić information content (AvgIpc) is 2.78. The Morgan fingerprint density at radius 1 is 0.625 bits per heavy atom. The highest BCUT2D eigenvalue weighted by molar-refractivity contribution is 5.93. The third-order valence-corrected chi connectivity index (χ3v) is 4.57. The maximum atomic E-state index is 13.8. The predicted molar refractivity (Wildman–Crippen MR) is 114 cm³/mol. The summed E-state index contributed by atoms with van der Waals surface area (Å²) in [5, 5.41) is 3.91. The number of nitrogens with one attached hydrogen (secondary N) is 2. The lowest BCUT2D eigenvalue weighted by molar-refractivity contribution is -0.305. The molecule has 2 rings (SSSR count). The van der Waals surface area contributed by atoms with Gasteiger partial charge in [-0.1, -0.05) is 12.1 Å². The third-order valence-electron chi connectivity index (χ3n) is 4.57. The Morgan fingerprint density at radius 3 is 1.18 bits per heavy atom. The Kier molecular flexibility index (Phi) is 9.16. The van der Waals surface area contributed by atoms with E-state index in [4.69, 9.17) is 0 Å². The summed E-state index contributed by atoms with van der Waals surface area (Å²) < 4.78 is 164. The molecule has 2 amide bonds. The van der Waals surface area contributed by atoms with Crippen LogP contribution in [0.3, 0.4) is 0 Å². The highest BCUT2D eigenvalue weighted by atomic mass is 19.4. The molecule has 0 aliphatic rings. The monoisotopic (exact) mass is 600 g/mol. The van der Waals surface area contributed by atoms with Crippen molar-refractivity contribution in [3.63, 3.8) is 0 Å². The fourth-order valence-corrected chi connectivity index (χ4v) is 2.95. The first kappa shape index (κ1) is 32.4. The lowest BCUT2D eigenvalue weighted by atomic mass is 10.0. The summed E-state index contributed by atoms with van der Waals surface area (Å²) in [5.41, 5.74) is -1.68. The minimum atomic E-state index is -6.01. The topological polar surface area (TPSA) is 76.7 Å². The Labute approximate surface area is 216 Å². The maximum absolute atomic E-state index is 13.8. The van der Waals surface area contributed by atoms with Crippen molar-refractivity contribution in [1.82, 2.24) is 0 Å². The number of rotatable bonds is 9. The second-order valence-electron chi connectivity index (χ2n) is 7.92. The van der Waals surface area contributed by atoms with Crippen LogP contribution in [-0.4, -0.2) is 48.7 Å². The summed E-state index contributed by atoms with van der Waals surface area (Å²) in [6, 6.07) is 4.56. The van der Waals surface area contributed by atoms with Gasteiger partial charge < -0.3 is 20.1 Å². The molecule has 0 radical (unpaired) electrons. The quantitative estimate of drug-likeness (QED) is 0.304. The molecule has 0 fully saturated rings. The van der Waals surface area contributed by atoms with Gasteiger partial charge in [0.15, 0.2) is 0 Å². The lowest BCUT2D eigenvalue weighted by Crippen LogP contribution is -2.45. The zero-order valence-electron chi connectivity index (χ0n) is 19.8. The third kappa shape index (κ3) is 8.08. The second-order valence-corrected chi connectivity index (χ2v) is 7.92. The van der Waals surface area contributed by atoms with Crippen LogP contribution in [0.4, 0.5) is 64.1 Å². The second kappa shape index (κ2) is 11.3. The Balaban J connectivity index is 2.54. The van der Waals surface area contributed by atoms with Crippen LogP contribution in [-0.2, 0) is 9.59 Å². The highest BCUT2D eigenvalue weighted by Gasteiger charge is 2.60. The van der Waals surface area contributed by atoms with E-state index in [2.05, 4.69) is 9.47 Å². The van der Waals surface area contributed by atoms with Crippen LogP contribution in [0, 0.1) is 0 Å². The predicted octanol–water partition coefficient (Wildman–Crippen LogP) is 7.01. The van der Waals surface area contributed by atoms with Crippen LogP contribution in [0.5, 0.6) is 11.5 Å². The Hall–Kier alpha value is -3.86. The molecule has 40 heavy (non-hydrogen) atoms. The zero-order valence-corrected chi connectivity index (χ0v) is 19.8. The van der Waals surface area contributed by atoms with Crippen LogP contribution < -0.4 is 20.1 Å². The fraction of sp³-hybridized carbons (Fsp3) is 0.364. The molecule has 0 aliphatic carbocycles. The summed E-state index contributed by atoms with van der Waals surface area (Å²) in [6.45, 7) is 1.73. The minimum absolute atomic E-state index is 0.129. The molecule has 2 unspecified atom stereocenters. The van der Waals surface area contributed by atoms with Crippen molar-refractivity contribution in [2.45, 2.75) is 50.8 Å². The van der Waals surface area contributed by atoms with E-state index in [1.165, 1.54) is 0 Å². The van der Waals surface area contributed by atoms with Crippen LogP contribution in [0.1, 0.15) is 13.8 Å². The summed E-state index contributed by atoms with van der Waals surface area (Å²) in [7, 11) is 0. The number of hydrogen-bond donors (Lipinski definition) is 2. The van der Waals surface area contributed by atoms with Crippen LogP contribution in [0.25, 0.3) is 11.1 Å². The van der Waals surface area contributed by atoms with Gasteiger partial charge in [-0.15, -0.1) is 0 Å². The van der Waals surface area contributed by atoms with Gasteiger partial charge in [-0.2, -0.15) is 43.9 Å². The molecule has 2 atom stereocenters. The molecule has 0 heterocycles. The van der Waals surface area contributed by atoms with E-state index in [1.54, 1.807) is 0 Å². The van der Waals surface area contributed by atoms with Gasteiger partial charge in [0.05, 0.1) is 11.4 Å². The van der Waals surface area contributed by atoms with Gasteiger partial charge in [0.25, 0.3) is 12.3 Å². The number of carbonyl (C=O) groups excluding carboxylic acids is 2. The smallest absolute Gasteiger partial charge is 0.428 e. The van der Waals surface area contributed by atoms with Gasteiger partial charge in [-0.3, -0.25) is 9.59 Å². The van der Waals surface area contributed by atoms with E-state index >= 15 is 0 Å². The molecule has 0 spiro atoms. The van der Waals surface area contributed by atoms with Crippen LogP contribution >= 0.6 is 0 Å². The van der Waals surface area contributed by atoms with Crippen molar-refractivity contribution in [1.29, 1.82) is 0 Å². The van der Waals surface area contributed by atoms with Gasteiger partial charge in [-0.05, 0) is 35.4 Å². The molecule has 2 aromatic carbocycles. The minimum Gasteiger partial charge on any atom is -0.428 e. The van der Waals surface area contributed by atoms with Crippen molar-refractivity contribution >= 4 is 23.2 Å². The Bertz CT molecular complexity index is 1150. The molecule has 0 saturated carbocycles. The number of alkyl halides is 12. The van der Waals surface area contributed by atoms with Crippen molar-refractivity contribution in [2.24, 2.45) is 0 Å². The summed E-state index contributed by atoms with van der Waals surface area (Å²) >= 11 is 0. The molecule has 6 nitrogen and oxygen atoms in total. The molecule has 0 saturated heterocycles. The first-order valence-electron chi connectivity index (χ1n) is 10.4. The maximum Gasteiger partial charge on any atom is 0.439 e. The van der Waals surface area contributed by atoms with Gasteiger partial charge in [0.2, 0.25) is 11.8 Å². The number of anilines is 2. The van der Waals surface area contributed by atoms with E-state index in [0.717, 1.165) is 38.1 Å². The summed E-state index contributed by atoms with van der Waals surface area (Å²) in [5.74, 6) is -4.15. The van der Waals surface area contributed by atoms with E-state index in [9.17, 15) is 62.3 Å². The first-order chi connectivity index (χ1) is 18.0. The van der Waals surface area contributed by atoms with Crippen molar-refractivity contribution in [2.75, 3.05) is 10.6 Å². The molecule has 0 aromatic heterocycles. The standard InChI is InChI=1S/C22H16F12N2O4/c1-9(37)35-13-7-11(3-5-15(13)39-21(31,32)17(23)19(25,26)27)12-4-6-16(14(8-12)36-10(2)38)40-22(33,34)18(24)20(28,29)30/h3-8,17-18H,1-2H3,(H,35,37)(H,36,38). The van der Waals surface area contributed by atoms with Gasteiger partial charge >= 0.3 is 24.6 Å². The average molecular weight is 600 g/mol.